The number of hydrogen-bond donors (Lipinski definition) is 1. The number of nitrogens with one attached hydrogen (secondary N) is 1. The number of carbonyl (C=O) groups is 3. The monoisotopic (exact) mass is 672 g/mol. The van der Waals surface area contributed by atoms with Gasteiger partial charge in [0.1, 0.15) is 12.4 Å². The maximum atomic E-state index is 13.0. The highest BCUT2D eigenvalue weighted by molar-refractivity contribution is 14.1. The maximum Gasteiger partial charge on any atom is 0.293 e. The summed E-state index contributed by atoms with van der Waals surface area (Å²) in [5, 5.41) is 2.46. The van der Waals surface area contributed by atoms with Crippen LogP contribution in [-0.4, -0.2) is 48.8 Å². The van der Waals surface area contributed by atoms with Crippen molar-refractivity contribution >= 4 is 63.2 Å². The summed E-state index contributed by atoms with van der Waals surface area (Å²) in [5.41, 5.74) is 4.45. The number of rotatable bonds is 10. The molecule has 0 aliphatic carbocycles. The van der Waals surface area contributed by atoms with Crippen LogP contribution >= 0.6 is 34.4 Å². The predicted octanol–water partition coefficient (Wildman–Crippen LogP) is 6.36. The second kappa shape index (κ2) is 13.2. The van der Waals surface area contributed by atoms with E-state index in [4.69, 9.17) is 14.2 Å². The summed E-state index contributed by atoms with van der Waals surface area (Å²) in [6, 6.07) is 16.9. The van der Waals surface area contributed by atoms with Gasteiger partial charge in [0.2, 0.25) is 0 Å². The Morgan fingerprint density at radius 2 is 1.77 bits per heavy atom. The van der Waals surface area contributed by atoms with Crippen LogP contribution in [0.4, 0.5) is 10.5 Å². The van der Waals surface area contributed by atoms with Crippen LogP contribution in [0.25, 0.3) is 6.08 Å². The SMILES string of the molecule is COc1cc(/C=C2\SC(=O)N(CCOc3cc(C)ccc3C)C2=O)cc(I)c1OCC(=O)Nc1cccc(C)c1. The molecule has 0 atom stereocenters. The van der Waals surface area contributed by atoms with Crippen LogP contribution in [0.1, 0.15) is 22.3 Å². The number of nitrogens with zero attached hydrogens (tertiary/aromatic N) is 1. The minimum Gasteiger partial charge on any atom is -0.493 e. The van der Waals surface area contributed by atoms with E-state index < -0.39 is 0 Å². The molecule has 1 aliphatic heterocycles. The lowest BCUT2D eigenvalue weighted by atomic mass is 10.1. The maximum absolute atomic E-state index is 13.0. The lowest BCUT2D eigenvalue weighted by molar-refractivity contribution is -0.123. The number of amides is 3. The molecule has 3 aromatic rings. The normalized spacial score (nSPS) is 14.0. The van der Waals surface area contributed by atoms with Crippen molar-refractivity contribution in [2.75, 3.05) is 32.2 Å². The van der Waals surface area contributed by atoms with Gasteiger partial charge in [-0.2, -0.15) is 0 Å². The Balaban J connectivity index is 1.40. The van der Waals surface area contributed by atoms with Crippen molar-refractivity contribution in [3.05, 3.63) is 85.3 Å². The standard InChI is InChI=1S/C30H29IN2O6S/c1-18-6-5-7-22(12-18)32-27(34)17-39-28-23(31)14-21(15-25(28)37-4)16-26-29(35)33(30(36)40-26)10-11-38-24-13-19(2)8-9-20(24)3/h5-9,12-16H,10-11,17H2,1-4H3,(H,32,34)/b26-16-. The molecular weight excluding hydrogens is 643 g/mol. The van der Waals surface area contributed by atoms with Gasteiger partial charge >= 0.3 is 0 Å². The zero-order chi connectivity index (χ0) is 28.8. The van der Waals surface area contributed by atoms with Gasteiger partial charge in [0, 0.05) is 5.69 Å². The van der Waals surface area contributed by atoms with E-state index in [-0.39, 0.29) is 36.8 Å². The lowest BCUT2D eigenvalue weighted by Gasteiger charge is -2.15. The van der Waals surface area contributed by atoms with Crippen molar-refractivity contribution in [3.63, 3.8) is 0 Å². The topological polar surface area (TPSA) is 94.2 Å². The number of imide groups is 1. The third-order valence-electron chi connectivity index (χ3n) is 5.99. The van der Waals surface area contributed by atoms with Crippen LogP contribution in [-0.2, 0) is 9.59 Å². The zero-order valence-electron chi connectivity index (χ0n) is 22.6. The average molecular weight is 673 g/mol. The molecule has 208 valence electrons. The van der Waals surface area contributed by atoms with E-state index >= 15 is 0 Å². The van der Waals surface area contributed by atoms with E-state index in [9.17, 15) is 14.4 Å². The predicted molar refractivity (Wildman–Crippen MR) is 165 cm³/mol. The van der Waals surface area contributed by atoms with Crippen LogP contribution in [0.5, 0.6) is 17.2 Å². The van der Waals surface area contributed by atoms with Crippen LogP contribution in [0, 0.1) is 24.3 Å². The van der Waals surface area contributed by atoms with Crippen molar-refractivity contribution in [2.45, 2.75) is 20.8 Å². The van der Waals surface area contributed by atoms with Crippen LogP contribution < -0.4 is 19.5 Å². The van der Waals surface area contributed by atoms with E-state index in [1.165, 1.54) is 12.0 Å². The molecule has 0 unspecified atom stereocenters. The summed E-state index contributed by atoms with van der Waals surface area (Å²) in [6.45, 7) is 6.01. The van der Waals surface area contributed by atoms with Gasteiger partial charge in [-0.1, -0.05) is 24.3 Å². The molecule has 0 saturated carbocycles. The molecule has 8 nitrogen and oxygen atoms in total. The van der Waals surface area contributed by atoms with Crippen molar-refractivity contribution in [1.29, 1.82) is 0 Å². The summed E-state index contributed by atoms with van der Waals surface area (Å²) >= 11 is 2.97. The second-order valence-corrected chi connectivity index (χ2v) is 11.3. The number of hydrogen-bond acceptors (Lipinski definition) is 7. The molecule has 3 amide bonds. The molecule has 1 N–H and O–H groups in total. The number of carbonyl (C=O) groups excluding carboxylic acids is 3. The van der Waals surface area contributed by atoms with Crippen LogP contribution in [0.15, 0.2) is 59.5 Å². The molecule has 0 radical (unpaired) electrons. The molecular formula is C30H29IN2O6S. The number of benzene rings is 3. The highest BCUT2D eigenvalue weighted by Crippen LogP contribution is 2.37. The Morgan fingerprint density at radius 1 is 1.00 bits per heavy atom. The fourth-order valence-electron chi connectivity index (χ4n) is 3.97. The molecule has 1 fully saturated rings. The first-order valence-electron chi connectivity index (χ1n) is 12.5. The van der Waals surface area contributed by atoms with Gasteiger partial charge in [0.15, 0.2) is 18.1 Å². The Bertz CT molecular complexity index is 1490. The smallest absolute Gasteiger partial charge is 0.293 e. The third kappa shape index (κ3) is 7.36. The molecule has 40 heavy (non-hydrogen) atoms. The molecule has 4 rings (SSSR count). The third-order valence-corrected chi connectivity index (χ3v) is 7.70. The fourth-order valence-corrected chi connectivity index (χ4v) is 5.62. The van der Waals surface area contributed by atoms with E-state index in [1.807, 2.05) is 63.2 Å². The van der Waals surface area contributed by atoms with Crippen molar-refractivity contribution in [1.82, 2.24) is 4.90 Å². The summed E-state index contributed by atoms with van der Waals surface area (Å²) < 4.78 is 17.8. The number of ether oxygens (including phenoxy) is 3. The number of methoxy groups -OCH3 is 1. The van der Waals surface area contributed by atoms with Gasteiger partial charge in [-0.05, 0) is 114 Å². The van der Waals surface area contributed by atoms with Gasteiger partial charge in [0.05, 0.1) is 22.1 Å². The minimum atomic E-state index is -0.373. The lowest BCUT2D eigenvalue weighted by Crippen LogP contribution is -2.32. The van der Waals surface area contributed by atoms with Gasteiger partial charge in [-0.25, -0.2) is 0 Å². The van der Waals surface area contributed by atoms with Crippen LogP contribution in [0.2, 0.25) is 0 Å². The fraction of sp³-hybridized carbons (Fsp3) is 0.233. The first-order chi connectivity index (χ1) is 19.1. The number of aryl methyl sites for hydroxylation is 3. The van der Waals surface area contributed by atoms with Crippen molar-refractivity contribution < 1.29 is 28.6 Å². The van der Waals surface area contributed by atoms with Gasteiger partial charge < -0.3 is 19.5 Å². The molecule has 1 saturated heterocycles. The first-order valence-corrected chi connectivity index (χ1v) is 14.4. The van der Waals surface area contributed by atoms with Gasteiger partial charge in [-0.15, -0.1) is 0 Å². The summed E-state index contributed by atoms with van der Waals surface area (Å²) in [7, 11) is 1.50. The Hall–Kier alpha value is -3.51. The highest BCUT2D eigenvalue weighted by Gasteiger charge is 2.35. The summed E-state index contributed by atoms with van der Waals surface area (Å²) in [4.78, 5) is 39.5. The summed E-state index contributed by atoms with van der Waals surface area (Å²) in [5.74, 6) is 0.877. The molecule has 10 heteroatoms. The van der Waals surface area contributed by atoms with E-state index in [0.717, 1.165) is 34.2 Å². The molecule has 0 aromatic heterocycles. The zero-order valence-corrected chi connectivity index (χ0v) is 25.6. The van der Waals surface area contributed by atoms with E-state index in [1.54, 1.807) is 18.2 Å². The average Bonchev–Trinajstić information content (AvgIpc) is 3.17. The number of anilines is 1. The number of thioether (sulfide) groups is 1. The van der Waals surface area contributed by atoms with Crippen LogP contribution in [0.3, 0.4) is 0 Å². The van der Waals surface area contributed by atoms with Gasteiger partial charge in [-0.3, -0.25) is 19.3 Å². The molecule has 1 aliphatic rings. The van der Waals surface area contributed by atoms with Crippen molar-refractivity contribution in [2.24, 2.45) is 0 Å². The van der Waals surface area contributed by atoms with Gasteiger partial charge in [0.25, 0.3) is 17.1 Å². The largest absolute Gasteiger partial charge is 0.493 e. The molecule has 0 bridgehead atoms. The second-order valence-electron chi connectivity index (χ2n) is 9.19. The quantitative estimate of drug-likeness (QED) is 0.198. The van der Waals surface area contributed by atoms with E-state index in [2.05, 4.69) is 27.9 Å². The molecule has 0 spiro atoms. The Kier molecular flexibility index (Phi) is 9.75. The first kappa shape index (κ1) is 29.5. The highest BCUT2D eigenvalue weighted by atomic mass is 127. The number of halogens is 1. The molecule has 3 aromatic carbocycles. The Labute approximate surface area is 251 Å². The summed E-state index contributed by atoms with van der Waals surface area (Å²) in [6.07, 6.45) is 1.65. The van der Waals surface area contributed by atoms with E-state index in [0.29, 0.717) is 31.2 Å². The van der Waals surface area contributed by atoms with Crippen molar-refractivity contribution in [3.8, 4) is 17.2 Å². The molecule has 1 heterocycles. The minimum absolute atomic E-state index is 0.146. The Morgan fingerprint density at radius 3 is 2.52 bits per heavy atom.